The van der Waals surface area contributed by atoms with Gasteiger partial charge in [-0.15, -0.1) is 0 Å². The Bertz CT molecular complexity index is 817. The molecule has 1 aliphatic rings. The molecule has 0 atom stereocenters. The maximum absolute atomic E-state index is 13.1. The highest BCUT2D eigenvalue weighted by Gasteiger charge is 2.41. The van der Waals surface area contributed by atoms with Gasteiger partial charge in [0.25, 0.3) is 5.91 Å². The smallest absolute Gasteiger partial charge is 0.252 e. The molecule has 25 heavy (non-hydrogen) atoms. The van der Waals surface area contributed by atoms with Crippen LogP contribution in [0.4, 0.5) is 5.69 Å². The van der Waals surface area contributed by atoms with Crippen LogP contribution in [-0.4, -0.2) is 38.6 Å². The SMILES string of the molecule is O=C(Nc1ccc(-n2cccn2)cc1)C1(n2cccn2)CCNCC1. The second-order valence-corrected chi connectivity index (χ2v) is 6.18. The molecular formula is C18H20N6O. The molecule has 7 heteroatoms. The van der Waals surface area contributed by atoms with Crippen molar-refractivity contribution in [2.75, 3.05) is 18.4 Å². The van der Waals surface area contributed by atoms with Gasteiger partial charge in [0.15, 0.2) is 0 Å². The molecule has 128 valence electrons. The van der Waals surface area contributed by atoms with E-state index in [0.29, 0.717) is 12.8 Å². The van der Waals surface area contributed by atoms with E-state index in [4.69, 9.17) is 0 Å². The molecule has 0 spiro atoms. The van der Waals surface area contributed by atoms with Gasteiger partial charge in [0.05, 0.1) is 5.69 Å². The molecule has 1 amide bonds. The number of hydrogen-bond donors (Lipinski definition) is 2. The van der Waals surface area contributed by atoms with Crippen molar-refractivity contribution in [2.24, 2.45) is 0 Å². The molecular weight excluding hydrogens is 316 g/mol. The Labute approximate surface area is 145 Å². The van der Waals surface area contributed by atoms with Crippen LogP contribution in [0.25, 0.3) is 5.69 Å². The summed E-state index contributed by atoms with van der Waals surface area (Å²) < 4.78 is 3.57. The Balaban J connectivity index is 1.55. The molecule has 0 unspecified atom stereocenters. The van der Waals surface area contributed by atoms with Crippen LogP contribution in [0.1, 0.15) is 12.8 Å². The maximum Gasteiger partial charge on any atom is 0.252 e. The van der Waals surface area contributed by atoms with Crippen molar-refractivity contribution in [3.63, 3.8) is 0 Å². The summed E-state index contributed by atoms with van der Waals surface area (Å²) in [6.45, 7) is 1.59. The third-order valence-corrected chi connectivity index (χ3v) is 4.69. The van der Waals surface area contributed by atoms with Gasteiger partial charge in [0, 0.05) is 30.5 Å². The fraction of sp³-hybridized carbons (Fsp3) is 0.278. The molecule has 0 saturated carbocycles. The molecule has 1 fully saturated rings. The zero-order chi connectivity index (χ0) is 17.1. The Morgan fingerprint density at radius 2 is 1.76 bits per heavy atom. The Morgan fingerprint density at radius 1 is 1.04 bits per heavy atom. The molecule has 1 aromatic carbocycles. The van der Waals surface area contributed by atoms with Crippen LogP contribution in [-0.2, 0) is 10.3 Å². The van der Waals surface area contributed by atoms with Crippen molar-refractivity contribution >= 4 is 11.6 Å². The summed E-state index contributed by atoms with van der Waals surface area (Å²) in [6, 6.07) is 11.4. The summed E-state index contributed by atoms with van der Waals surface area (Å²) in [5.41, 5.74) is 1.08. The van der Waals surface area contributed by atoms with E-state index in [9.17, 15) is 4.79 Å². The standard InChI is InChI=1S/C18H20N6O/c25-17(18(7-11-19-12-8-18)24-14-2-10-21-24)22-15-3-5-16(6-4-15)23-13-1-9-20-23/h1-6,9-10,13-14,19H,7-8,11-12H2,(H,22,25). The fourth-order valence-corrected chi connectivity index (χ4v) is 3.29. The summed E-state index contributed by atoms with van der Waals surface area (Å²) in [5.74, 6) is -0.0236. The second kappa shape index (κ2) is 6.52. The van der Waals surface area contributed by atoms with Crippen molar-refractivity contribution in [2.45, 2.75) is 18.4 Å². The van der Waals surface area contributed by atoms with Crippen LogP contribution in [0.2, 0.25) is 0 Å². The predicted octanol–water partition coefficient (Wildman–Crippen LogP) is 1.79. The lowest BCUT2D eigenvalue weighted by Gasteiger charge is -2.36. The number of benzene rings is 1. The Morgan fingerprint density at radius 3 is 2.40 bits per heavy atom. The molecule has 7 nitrogen and oxygen atoms in total. The lowest BCUT2D eigenvalue weighted by molar-refractivity contribution is -0.126. The molecule has 1 aliphatic heterocycles. The molecule has 2 N–H and O–H groups in total. The summed E-state index contributed by atoms with van der Waals surface area (Å²) in [5, 5.41) is 14.9. The lowest BCUT2D eigenvalue weighted by atomic mass is 9.87. The minimum Gasteiger partial charge on any atom is -0.324 e. The molecule has 0 radical (unpaired) electrons. The number of carbonyl (C=O) groups is 1. The molecule has 0 aliphatic carbocycles. The first-order valence-corrected chi connectivity index (χ1v) is 8.40. The number of nitrogens with zero attached hydrogens (tertiary/aromatic N) is 4. The first kappa shape index (κ1) is 15.6. The highest BCUT2D eigenvalue weighted by Crippen LogP contribution is 2.28. The van der Waals surface area contributed by atoms with E-state index in [1.54, 1.807) is 21.8 Å². The summed E-state index contributed by atoms with van der Waals surface area (Å²) >= 11 is 0. The van der Waals surface area contributed by atoms with Crippen molar-refractivity contribution in [3.05, 3.63) is 61.2 Å². The zero-order valence-electron chi connectivity index (χ0n) is 13.8. The van der Waals surface area contributed by atoms with E-state index in [0.717, 1.165) is 24.5 Å². The quantitative estimate of drug-likeness (QED) is 0.761. The van der Waals surface area contributed by atoms with E-state index >= 15 is 0 Å². The third-order valence-electron chi connectivity index (χ3n) is 4.69. The summed E-state index contributed by atoms with van der Waals surface area (Å²) in [6.07, 6.45) is 8.63. The van der Waals surface area contributed by atoms with Crippen LogP contribution in [0.15, 0.2) is 61.2 Å². The minimum absolute atomic E-state index is 0.0236. The number of aromatic nitrogens is 4. The monoisotopic (exact) mass is 336 g/mol. The van der Waals surface area contributed by atoms with Crippen LogP contribution in [0.3, 0.4) is 0 Å². The third kappa shape index (κ3) is 2.94. The van der Waals surface area contributed by atoms with Crippen molar-refractivity contribution in [1.82, 2.24) is 24.9 Å². The molecule has 4 rings (SSSR count). The number of amides is 1. The maximum atomic E-state index is 13.1. The van der Waals surface area contributed by atoms with Gasteiger partial charge in [0.2, 0.25) is 0 Å². The van der Waals surface area contributed by atoms with Crippen LogP contribution >= 0.6 is 0 Å². The van der Waals surface area contributed by atoms with Crippen LogP contribution in [0.5, 0.6) is 0 Å². The molecule has 3 aromatic rings. The first-order chi connectivity index (χ1) is 12.3. The molecule has 2 aromatic heterocycles. The number of piperidine rings is 1. The first-order valence-electron chi connectivity index (χ1n) is 8.40. The highest BCUT2D eigenvalue weighted by atomic mass is 16.2. The van der Waals surface area contributed by atoms with Gasteiger partial charge in [-0.3, -0.25) is 9.48 Å². The zero-order valence-corrected chi connectivity index (χ0v) is 13.8. The van der Waals surface area contributed by atoms with E-state index in [-0.39, 0.29) is 5.91 Å². The molecule has 1 saturated heterocycles. The second-order valence-electron chi connectivity index (χ2n) is 6.18. The number of rotatable bonds is 4. The number of hydrogen-bond acceptors (Lipinski definition) is 4. The topological polar surface area (TPSA) is 76.8 Å². The largest absolute Gasteiger partial charge is 0.324 e. The van der Waals surface area contributed by atoms with Gasteiger partial charge in [0.1, 0.15) is 5.54 Å². The Hall–Kier alpha value is -2.93. The Kier molecular flexibility index (Phi) is 4.07. The van der Waals surface area contributed by atoms with Crippen molar-refractivity contribution in [3.8, 4) is 5.69 Å². The average molecular weight is 336 g/mol. The summed E-state index contributed by atoms with van der Waals surface area (Å²) in [4.78, 5) is 13.1. The van der Waals surface area contributed by atoms with Crippen LogP contribution < -0.4 is 10.6 Å². The average Bonchev–Trinajstić information content (AvgIpc) is 3.37. The number of anilines is 1. The lowest BCUT2D eigenvalue weighted by Crippen LogP contribution is -2.52. The number of nitrogens with one attached hydrogen (secondary N) is 2. The molecule has 3 heterocycles. The van der Waals surface area contributed by atoms with E-state index < -0.39 is 5.54 Å². The van der Waals surface area contributed by atoms with Crippen molar-refractivity contribution in [1.29, 1.82) is 0 Å². The van der Waals surface area contributed by atoms with Gasteiger partial charge in [-0.1, -0.05) is 0 Å². The highest BCUT2D eigenvalue weighted by molar-refractivity contribution is 5.96. The normalized spacial score (nSPS) is 16.5. The van der Waals surface area contributed by atoms with Gasteiger partial charge in [-0.25, -0.2) is 4.68 Å². The van der Waals surface area contributed by atoms with Gasteiger partial charge in [-0.05, 0) is 62.3 Å². The summed E-state index contributed by atoms with van der Waals surface area (Å²) in [7, 11) is 0. The van der Waals surface area contributed by atoms with Crippen LogP contribution in [0, 0.1) is 0 Å². The van der Waals surface area contributed by atoms with E-state index in [2.05, 4.69) is 20.8 Å². The minimum atomic E-state index is -0.643. The van der Waals surface area contributed by atoms with Gasteiger partial charge < -0.3 is 10.6 Å². The van der Waals surface area contributed by atoms with Crippen molar-refractivity contribution < 1.29 is 4.79 Å². The van der Waals surface area contributed by atoms with Gasteiger partial charge in [-0.2, -0.15) is 10.2 Å². The fourth-order valence-electron chi connectivity index (χ4n) is 3.29. The molecule has 0 bridgehead atoms. The van der Waals surface area contributed by atoms with E-state index in [1.807, 2.05) is 48.8 Å². The van der Waals surface area contributed by atoms with E-state index in [1.165, 1.54) is 0 Å². The predicted molar refractivity (Wildman–Crippen MR) is 94.5 cm³/mol. The van der Waals surface area contributed by atoms with Gasteiger partial charge >= 0.3 is 0 Å². The number of carbonyl (C=O) groups excluding carboxylic acids is 1.